The van der Waals surface area contributed by atoms with Crippen molar-refractivity contribution in [1.82, 2.24) is 21.3 Å². The van der Waals surface area contributed by atoms with Gasteiger partial charge in [0.15, 0.2) is 5.96 Å². The minimum absolute atomic E-state index is 0. The first-order valence-corrected chi connectivity index (χ1v) is 8.75. The van der Waals surface area contributed by atoms with E-state index in [9.17, 15) is 9.59 Å². The summed E-state index contributed by atoms with van der Waals surface area (Å²) in [5, 5.41) is 11.9. The van der Waals surface area contributed by atoms with E-state index in [2.05, 4.69) is 26.3 Å². The van der Waals surface area contributed by atoms with Gasteiger partial charge in [0, 0.05) is 38.2 Å². The van der Waals surface area contributed by atoms with E-state index in [0.29, 0.717) is 31.2 Å². The van der Waals surface area contributed by atoms with Gasteiger partial charge in [0.05, 0.1) is 6.54 Å². The second-order valence-electron chi connectivity index (χ2n) is 5.96. The number of nitrogens with zero attached hydrogens (tertiary/aromatic N) is 1. The average molecular weight is 473 g/mol. The predicted molar refractivity (Wildman–Crippen MR) is 114 cm³/mol. The van der Waals surface area contributed by atoms with E-state index in [-0.39, 0.29) is 41.7 Å². The van der Waals surface area contributed by atoms with E-state index in [1.165, 1.54) is 0 Å². The summed E-state index contributed by atoms with van der Waals surface area (Å²) in [5.74, 6) is 0.997. The minimum atomic E-state index is -0.0988. The van der Waals surface area contributed by atoms with Crippen molar-refractivity contribution in [3.8, 4) is 0 Å². The number of guanidine groups is 1. The maximum atomic E-state index is 11.6. The van der Waals surface area contributed by atoms with E-state index in [1.54, 1.807) is 19.2 Å². The van der Waals surface area contributed by atoms with Gasteiger partial charge in [0.1, 0.15) is 0 Å². The Hall–Kier alpha value is -1.84. The van der Waals surface area contributed by atoms with Crippen LogP contribution in [0.5, 0.6) is 0 Å². The molecule has 2 rings (SSSR count). The molecule has 0 atom stereocenters. The van der Waals surface area contributed by atoms with Crippen molar-refractivity contribution >= 4 is 41.8 Å². The highest BCUT2D eigenvalue weighted by Crippen LogP contribution is 2.28. The molecule has 0 heterocycles. The van der Waals surface area contributed by atoms with Gasteiger partial charge in [-0.05, 0) is 37.5 Å². The SMILES string of the molecule is CCNC(=NCc1ccc(C(=O)NC)cc1)NCCNC(=O)C1CC1.I. The van der Waals surface area contributed by atoms with Gasteiger partial charge in [0.25, 0.3) is 5.91 Å². The van der Waals surface area contributed by atoms with Crippen molar-refractivity contribution in [2.45, 2.75) is 26.3 Å². The van der Waals surface area contributed by atoms with Gasteiger partial charge in [-0.25, -0.2) is 4.99 Å². The number of benzene rings is 1. The van der Waals surface area contributed by atoms with Crippen molar-refractivity contribution < 1.29 is 9.59 Å². The van der Waals surface area contributed by atoms with Crippen molar-refractivity contribution in [1.29, 1.82) is 0 Å². The zero-order valence-electron chi connectivity index (χ0n) is 15.3. The molecule has 7 nitrogen and oxygen atoms in total. The van der Waals surface area contributed by atoms with Crippen LogP contribution < -0.4 is 21.3 Å². The van der Waals surface area contributed by atoms with Crippen LogP contribution in [0.15, 0.2) is 29.3 Å². The fourth-order valence-electron chi connectivity index (χ4n) is 2.27. The van der Waals surface area contributed by atoms with Crippen LogP contribution in [0.4, 0.5) is 0 Å². The third kappa shape index (κ3) is 7.59. The Morgan fingerprint density at radius 3 is 2.31 bits per heavy atom. The Balaban J connectivity index is 0.00000338. The minimum Gasteiger partial charge on any atom is -0.357 e. The molecule has 0 saturated heterocycles. The summed E-state index contributed by atoms with van der Waals surface area (Å²) in [6, 6.07) is 7.37. The molecule has 4 N–H and O–H groups in total. The van der Waals surface area contributed by atoms with Gasteiger partial charge in [-0.2, -0.15) is 0 Å². The van der Waals surface area contributed by atoms with Gasteiger partial charge in [-0.1, -0.05) is 12.1 Å². The lowest BCUT2D eigenvalue weighted by molar-refractivity contribution is -0.122. The summed E-state index contributed by atoms with van der Waals surface area (Å²) < 4.78 is 0. The topological polar surface area (TPSA) is 94.6 Å². The van der Waals surface area contributed by atoms with E-state index in [1.807, 2.05) is 19.1 Å². The fourth-order valence-corrected chi connectivity index (χ4v) is 2.27. The largest absolute Gasteiger partial charge is 0.357 e. The van der Waals surface area contributed by atoms with Crippen LogP contribution in [0.2, 0.25) is 0 Å². The first-order valence-electron chi connectivity index (χ1n) is 8.75. The molecular formula is C18H28IN5O2. The van der Waals surface area contributed by atoms with Gasteiger partial charge in [-0.3, -0.25) is 9.59 Å². The van der Waals surface area contributed by atoms with Gasteiger partial charge in [-0.15, -0.1) is 24.0 Å². The average Bonchev–Trinajstić information content (AvgIpc) is 3.48. The van der Waals surface area contributed by atoms with Crippen molar-refractivity contribution in [2.24, 2.45) is 10.9 Å². The monoisotopic (exact) mass is 473 g/mol. The highest BCUT2D eigenvalue weighted by atomic mass is 127. The van der Waals surface area contributed by atoms with Crippen molar-refractivity contribution in [3.63, 3.8) is 0 Å². The Labute approximate surface area is 171 Å². The van der Waals surface area contributed by atoms with E-state index in [4.69, 9.17) is 0 Å². The number of carbonyl (C=O) groups is 2. The number of nitrogens with one attached hydrogen (secondary N) is 4. The molecule has 1 fully saturated rings. The third-order valence-electron chi connectivity index (χ3n) is 3.87. The number of hydrogen-bond donors (Lipinski definition) is 4. The van der Waals surface area contributed by atoms with Gasteiger partial charge in [0.2, 0.25) is 5.91 Å². The molecule has 1 aromatic rings. The molecular weight excluding hydrogens is 445 g/mol. The lowest BCUT2D eigenvalue weighted by Crippen LogP contribution is -2.41. The lowest BCUT2D eigenvalue weighted by Gasteiger charge is -2.12. The van der Waals surface area contributed by atoms with Crippen LogP contribution >= 0.6 is 24.0 Å². The Morgan fingerprint density at radius 2 is 1.73 bits per heavy atom. The number of hydrogen-bond acceptors (Lipinski definition) is 3. The van der Waals surface area contributed by atoms with E-state index in [0.717, 1.165) is 24.9 Å². The van der Waals surface area contributed by atoms with Gasteiger partial charge < -0.3 is 21.3 Å². The Kier molecular flexibility index (Phi) is 10.0. The first-order chi connectivity index (χ1) is 12.1. The third-order valence-corrected chi connectivity index (χ3v) is 3.87. The summed E-state index contributed by atoms with van der Waals surface area (Å²) in [7, 11) is 1.61. The second kappa shape index (κ2) is 11.7. The summed E-state index contributed by atoms with van der Waals surface area (Å²) in [6.45, 7) is 4.48. The maximum Gasteiger partial charge on any atom is 0.251 e. The number of carbonyl (C=O) groups excluding carboxylic acids is 2. The summed E-state index contributed by atoms with van der Waals surface area (Å²) in [6.07, 6.45) is 2.03. The number of rotatable bonds is 8. The normalized spacial score (nSPS) is 13.4. The molecule has 0 spiro atoms. The molecule has 1 saturated carbocycles. The summed E-state index contributed by atoms with van der Waals surface area (Å²) in [4.78, 5) is 27.6. The highest BCUT2D eigenvalue weighted by Gasteiger charge is 2.28. The van der Waals surface area contributed by atoms with Crippen LogP contribution in [-0.2, 0) is 11.3 Å². The fraction of sp³-hybridized carbons (Fsp3) is 0.500. The predicted octanol–water partition coefficient (Wildman–Crippen LogP) is 1.25. The van der Waals surface area contributed by atoms with Crippen LogP contribution in [-0.4, -0.2) is 44.5 Å². The number of amides is 2. The molecule has 8 heteroatoms. The smallest absolute Gasteiger partial charge is 0.251 e. The first kappa shape index (κ1) is 22.2. The number of aliphatic imine (C=N–C) groups is 1. The molecule has 0 radical (unpaired) electrons. The standard InChI is InChI=1S/C18H27N5O2.HI/c1-3-20-18(22-11-10-21-17(25)15-8-9-15)23-12-13-4-6-14(7-5-13)16(24)19-2;/h4-7,15H,3,8-12H2,1-2H3,(H,19,24)(H,21,25)(H2,20,22,23);1H. The molecule has 0 aromatic heterocycles. The molecule has 2 amide bonds. The Morgan fingerprint density at radius 1 is 1.08 bits per heavy atom. The molecule has 0 bridgehead atoms. The summed E-state index contributed by atoms with van der Waals surface area (Å²) >= 11 is 0. The molecule has 1 aromatic carbocycles. The molecule has 1 aliphatic carbocycles. The number of halogens is 1. The van der Waals surface area contributed by atoms with Crippen LogP contribution in [0.3, 0.4) is 0 Å². The summed E-state index contributed by atoms with van der Waals surface area (Å²) in [5.41, 5.74) is 1.65. The molecule has 0 aliphatic heterocycles. The highest BCUT2D eigenvalue weighted by molar-refractivity contribution is 14.0. The zero-order valence-corrected chi connectivity index (χ0v) is 17.6. The van der Waals surface area contributed by atoms with Crippen LogP contribution in [0.25, 0.3) is 0 Å². The van der Waals surface area contributed by atoms with Crippen LogP contribution in [0.1, 0.15) is 35.7 Å². The molecule has 0 unspecified atom stereocenters. The quantitative estimate of drug-likeness (QED) is 0.198. The molecule has 26 heavy (non-hydrogen) atoms. The second-order valence-corrected chi connectivity index (χ2v) is 5.96. The van der Waals surface area contributed by atoms with Gasteiger partial charge >= 0.3 is 0 Å². The molecule has 1 aliphatic rings. The zero-order chi connectivity index (χ0) is 18.1. The lowest BCUT2D eigenvalue weighted by atomic mass is 10.1. The van der Waals surface area contributed by atoms with E-state index >= 15 is 0 Å². The van der Waals surface area contributed by atoms with Crippen LogP contribution in [0, 0.1) is 5.92 Å². The van der Waals surface area contributed by atoms with Crippen molar-refractivity contribution in [2.75, 3.05) is 26.7 Å². The molecule has 144 valence electrons. The maximum absolute atomic E-state index is 11.6. The van der Waals surface area contributed by atoms with Crippen molar-refractivity contribution in [3.05, 3.63) is 35.4 Å². The van der Waals surface area contributed by atoms with E-state index < -0.39 is 0 Å². The Bertz CT molecular complexity index is 615.